The zero-order chi connectivity index (χ0) is 13.8. The van der Waals surface area contributed by atoms with Gasteiger partial charge in [-0.25, -0.2) is 9.37 Å². The van der Waals surface area contributed by atoms with E-state index in [2.05, 4.69) is 15.2 Å². The molecule has 2 rings (SSSR count). The van der Waals surface area contributed by atoms with Crippen LogP contribution in [0, 0.1) is 5.82 Å². The highest BCUT2D eigenvalue weighted by Crippen LogP contribution is 2.16. The number of aromatic nitrogens is 1. The number of pyridine rings is 1. The number of nitrogens with zero attached hydrogens (tertiary/aromatic N) is 3. The summed E-state index contributed by atoms with van der Waals surface area (Å²) in [5.41, 5.74) is 0.298. The molecule has 1 fully saturated rings. The lowest BCUT2D eigenvalue weighted by atomic mass is 10.2. The van der Waals surface area contributed by atoms with Crippen LogP contribution in [-0.4, -0.2) is 61.0 Å². The van der Waals surface area contributed by atoms with Crippen LogP contribution in [-0.2, 0) is 0 Å². The molecule has 0 saturated carbocycles. The molecule has 1 aromatic heterocycles. The summed E-state index contributed by atoms with van der Waals surface area (Å²) >= 11 is 0. The van der Waals surface area contributed by atoms with E-state index >= 15 is 0 Å². The maximum absolute atomic E-state index is 13.3. The number of anilines is 1. The van der Waals surface area contributed by atoms with E-state index < -0.39 is 5.82 Å². The first-order chi connectivity index (χ1) is 9.11. The number of likely N-dealkylation sites (N-methyl/N-ethyl adjacent to an activating group) is 1. The van der Waals surface area contributed by atoms with Gasteiger partial charge in [-0.3, -0.25) is 4.79 Å². The molecule has 0 radical (unpaired) electrons. The summed E-state index contributed by atoms with van der Waals surface area (Å²) in [5.74, 6) is -0.232. The molecule has 1 aliphatic rings. The number of carbonyl (C=O) groups excluding carboxylic acids is 1. The van der Waals surface area contributed by atoms with Gasteiger partial charge < -0.3 is 15.1 Å². The van der Waals surface area contributed by atoms with Crippen molar-refractivity contribution in [3.63, 3.8) is 0 Å². The minimum Gasteiger partial charge on any atom is -0.372 e. The molecule has 5 nitrogen and oxygen atoms in total. The third kappa shape index (κ3) is 3.20. The van der Waals surface area contributed by atoms with Gasteiger partial charge >= 0.3 is 0 Å². The Morgan fingerprint density at radius 3 is 2.89 bits per heavy atom. The zero-order valence-corrected chi connectivity index (χ0v) is 11.3. The van der Waals surface area contributed by atoms with Gasteiger partial charge in [0.2, 0.25) is 0 Å². The second-order valence-electron chi connectivity index (χ2n) is 4.75. The highest BCUT2D eigenvalue weighted by molar-refractivity contribution is 5.98. The number of rotatable bonds is 2. The third-order valence-corrected chi connectivity index (χ3v) is 3.33. The largest absolute Gasteiger partial charge is 0.372 e. The van der Waals surface area contributed by atoms with Crippen LogP contribution < -0.4 is 5.32 Å². The molecule has 0 aromatic carbocycles. The van der Waals surface area contributed by atoms with Gasteiger partial charge in [0.25, 0.3) is 5.91 Å². The van der Waals surface area contributed by atoms with Gasteiger partial charge in [0.1, 0.15) is 11.6 Å². The molecule has 1 aliphatic heterocycles. The lowest BCUT2D eigenvalue weighted by molar-refractivity contribution is 0.0763. The summed E-state index contributed by atoms with van der Waals surface area (Å²) in [6.45, 7) is 3.17. The topological polar surface area (TPSA) is 48.5 Å². The smallest absolute Gasteiger partial charge is 0.257 e. The molecular formula is C13H19FN4O. The summed E-state index contributed by atoms with van der Waals surface area (Å²) in [5, 5.41) is 2.83. The molecule has 0 aliphatic carbocycles. The Morgan fingerprint density at radius 2 is 2.16 bits per heavy atom. The van der Waals surface area contributed by atoms with Crippen LogP contribution in [0.4, 0.5) is 10.2 Å². The van der Waals surface area contributed by atoms with Crippen molar-refractivity contribution < 1.29 is 9.18 Å². The van der Waals surface area contributed by atoms with E-state index in [9.17, 15) is 9.18 Å². The van der Waals surface area contributed by atoms with Crippen LogP contribution >= 0.6 is 0 Å². The van der Waals surface area contributed by atoms with E-state index in [1.165, 1.54) is 6.07 Å². The molecule has 0 spiro atoms. The number of carbonyl (C=O) groups is 1. The maximum atomic E-state index is 13.3. The van der Waals surface area contributed by atoms with E-state index in [-0.39, 0.29) is 5.91 Å². The van der Waals surface area contributed by atoms with Gasteiger partial charge in [-0.1, -0.05) is 0 Å². The van der Waals surface area contributed by atoms with Crippen molar-refractivity contribution in [1.82, 2.24) is 14.8 Å². The average Bonchev–Trinajstić information content (AvgIpc) is 2.62. The molecule has 1 N–H and O–H groups in total. The molecule has 1 saturated heterocycles. The molecule has 104 valence electrons. The fraction of sp³-hybridized carbons (Fsp3) is 0.538. The fourth-order valence-corrected chi connectivity index (χ4v) is 2.22. The predicted molar refractivity (Wildman–Crippen MR) is 71.8 cm³/mol. The molecule has 0 atom stereocenters. The predicted octanol–water partition coefficient (Wildman–Crippen LogP) is 1.04. The molecule has 19 heavy (non-hydrogen) atoms. The molecular weight excluding hydrogens is 247 g/mol. The van der Waals surface area contributed by atoms with Gasteiger partial charge in [-0.05, 0) is 26.1 Å². The minimum absolute atomic E-state index is 0.161. The maximum Gasteiger partial charge on any atom is 0.257 e. The number of amides is 1. The molecule has 0 bridgehead atoms. The average molecular weight is 266 g/mol. The summed E-state index contributed by atoms with van der Waals surface area (Å²) < 4.78 is 13.3. The molecule has 6 heteroatoms. The summed E-state index contributed by atoms with van der Waals surface area (Å²) in [6.07, 6.45) is 2.04. The van der Waals surface area contributed by atoms with Crippen molar-refractivity contribution in [2.45, 2.75) is 6.42 Å². The van der Waals surface area contributed by atoms with Crippen molar-refractivity contribution >= 4 is 11.7 Å². The standard InChI is InChI=1S/C13H19FN4O/c1-15-12-11(8-10(14)9-16-12)13(19)18-5-3-4-17(2)6-7-18/h8-9H,3-7H2,1-2H3,(H,15,16). The zero-order valence-electron chi connectivity index (χ0n) is 11.3. The number of hydrogen-bond acceptors (Lipinski definition) is 4. The van der Waals surface area contributed by atoms with Crippen LogP contribution in [0.5, 0.6) is 0 Å². The van der Waals surface area contributed by atoms with Crippen LogP contribution in [0.3, 0.4) is 0 Å². The van der Waals surface area contributed by atoms with Crippen molar-refractivity contribution in [3.8, 4) is 0 Å². The van der Waals surface area contributed by atoms with Gasteiger partial charge in [-0.15, -0.1) is 0 Å². The van der Waals surface area contributed by atoms with Crippen molar-refractivity contribution in [3.05, 3.63) is 23.6 Å². The van der Waals surface area contributed by atoms with Crippen LogP contribution in [0.1, 0.15) is 16.8 Å². The normalized spacial score (nSPS) is 17.1. The Hall–Kier alpha value is -1.69. The first kappa shape index (κ1) is 13.7. The van der Waals surface area contributed by atoms with Crippen molar-refractivity contribution in [2.75, 3.05) is 45.6 Å². The highest BCUT2D eigenvalue weighted by Gasteiger charge is 2.22. The Bertz CT molecular complexity index is 466. The molecule has 1 amide bonds. The number of halogens is 1. The number of hydrogen-bond donors (Lipinski definition) is 1. The summed E-state index contributed by atoms with van der Waals surface area (Å²) in [6, 6.07) is 1.25. The van der Waals surface area contributed by atoms with E-state index in [4.69, 9.17) is 0 Å². The van der Waals surface area contributed by atoms with Crippen molar-refractivity contribution in [2.24, 2.45) is 0 Å². The van der Waals surface area contributed by atoms with E-state index in [1.54, 1.807) is 11.9 Å². The van der Waals surface area contributed by atoms with E-state index in [1.807, 2.05) is 7.05 Å². The highest BCUT2D eigenvalue weighted by atomic mass is 19.1. The Kier molecular flexibility index (Phi) is 4.31. The van der Waals surface area contributed by atoms with Gasteiger partial charge in [-0.2, -0.15) is 0 Å². The van der Waals surface area contributed by atoms with Crippen LogP contribution in [0.15, 0.2) is 12.3 Å². The van der Waals surface area contributed by atoms with E-state index in [0.717, 1.165) is 25.7 Å². The lowest BCUT2D eigenvalue weighted by Gasteiger charge is -2.21. The summed E-state index contributed by atoms with van der Waals surface area (Å²) in [4.78, 5) is 20.3. The third-order valence-electron chi connectivity index (χ3n) is 3.33. The minimum atomic E-state index is -0.491. The van der Waals surface area contributed by atoms with E-state index in [0.29, 0.717) is 24.5 Å². The Balaban J connectivity index is 2.21. The molecule has 0 unspecified atom stereocenters. The second-order valence-corrected chi connectivity index (χ2v) is 4.75. The molecule has 2 heterocycles. The fourth-order valence-electron chi connectivity index (χ4n) is 2.22. The second kappa shape index (κ2) is 5.97. The van der Waals surface area contributed by atoms with Crippen LogP contribution in [0.2, 0.25) is 0 Å². The van der Waals surface area contributed by atoms with Crippen LogP contribution in [0.25, 0.3) is 0 Å². The van der Waals surface area contributed by atoms with Gasteiger partial charge in [0.05, 0.1) is 11.8 Å². The number of nitrogens with one attached hydrogen (secondary N) is 1. The lowest BCUT2D eigenvalue weighted by Crippen LogP contribution is -2.35. The molecule has 1 aromatic rings. The van der Waals surface area contributed by atoms with Gasteiger partial charge in [0.15, 0.2) is 0 Å². The summed E-state index contributed by atoms with van der Waals surface area (Å²) in [7, 11) is 3.71. The van der Waals surface area contributed by atoms with Crippen molar-refractivity contribution in [1.29, 1.82) is 0 Å². The monoisotopic (exact) mass is 266 g/mol. The van der Waals surface area contributed by atoms with Gasteiger partial charge in [0, 0.05) is 26.7 Å². The Labute approximate surface area is 112 Å². The first-order valence-corrected chi connectivity index (χ1v) is 6.43. The quantitative estimate of drug-likeness (QED) is 0.869. The Morgan fingerprint density at radius 1 is 1.37 bits per heavy atom. The first-order valence-electron chi connectivity index (χ1n) is 6.43. The SMILES string of the molecule is CNc1ncc(F)cc1C(=O)N1CCCN(C)CC1.